The lowest BCUT2D eigenvalue weighted by Crippen LogP contribution is -2.70. The molecule has 0 radical (unpaired) electrons. The zero-order valence-electron chi connectivity index (χ0n) is 38.5. The summed E-state index contributed by atoms with van der Waals surface area (Å²) >= 11 is 0. The Hall–Kier alpha value is -5.83. The SMILES string of the molecule is C=CCCOC(=O)N(Cc1ccc2c(c1)OCO2)C1CC(=NOC(C)(C)C)C2=CC(CCCCO)C(CCCCO)C3c4cc(OC(=O)NCc5ccccc5)ccc4OC1(OCC=C)C23. The number of aliphatic hydroxyl groups is 2. The van der Waals surface area contributed by atoms with E-state index in [9.17, 15) is 19.8 Å². The third-order valence-electron chi connectivity index (χ3n) is 12.5. The van der Waals surface area contributed by atoms with E-state index in [0.717, 1.165) is 47.9 Å². The van der Waals surface area contributed by atoms with E-state index in [2.05, 4.69) is 24.6 Å². The van der Waals surface area contributed by atoms with Crippen molar-refractivity contribution in [2.75, 3.05) is 33.2 Å². The minimum atomic E-state index is -1.55. The van der Waals surface area contributed by atoms with Crippen LogP contribution in [0.1, 0.15) is 94.7 Å². The molecule has 2 aliphatic carbocycles. The van der Waals surface area contributed by atoms with Crippen LogP contribution in [0.3, 0.4) is 0 Å². The number of benzene rings is 3. The first kappa shape index (κ1) is 48.1. The Labute approximate surface area is 388 Å². The van der Waals surface area contributed by atoms with Gasteiger partial charge in [0.25, 0.3) is 0 Å². The number of allylic oxidation sites excluding steroid dienone is 1. The van der Waals surface area contributed by atoms with Gasteiger partial charge in [0.2, 0.25) is 12.6 Å². The van der Waals surface area contributed by atoms with Crippen molar-refractivity contribution in [2.45, 2.75) is 109 Å². The van der Waals surface area contributed by atoms with Gasteiger partial charge >= 0.3 is 12.2 Å². The molecule has 0 saturated heterocycles. The second-order valence-corrected chi connectivity index (χ2v) is 18.2. The van der Waals surface area contributed by atoms with Crippen LogP contribution in [0, 0.1) is 17.8 Å². The van der Waals surface area contributed by atoms with Gasteiger partial charge in [-0.25, -0.2) is 9.59 Å². The molecule has 3 aromatic carbocycles. The van der Waals surface area contributed by atoms with E-state index in [0.29, 0.717) is 48.0 Å². The van der Waals surface area contributed by atoms with Gasteiger partial charge in [-0.3, -0.25) is 4.90 Å². The number of fused-ring (bicyclic) bond motifs is 3. The summed E-state index contributed by atoms with van der Waals surface area (Å²) in [5, 5.41) is 27.8. The summed E-state index contributed by atoms with van der Waals surface area (Å²) in [4.78, 5) is 36.1. The van der Waals surface area contributed by atoms with Gasteiger partial charge in [-0.2, -0.15) is 0 Å². The fraction of sp³-hybridized carbons (Fsp3) is 0.481. The highest BCUT2D eigenvalue weighted by Gasteiger charge is 2.66. The first-order valence-corrected chi connectivity index (χ1v) is 23.2. The van der Waals surface area contributed by atoms with Crippen LogP contribution in [0.25, 0.3) is 0 Å². The fourth-order valence-corrected chi connectivity index (χ4v) is 9.67. The summed E-state index contributed by atoms with van der Waals surface area (Å²) < 4.78 is 37.9. The van der Waals surface area contributed by atoms with E-state index in [4.69, 9.17) is 38.4 Å². The van der Waals surface area contributed by atoms with Gasteiger partial charge < -0.3 is 48.8 Å². The molecule has 3 aromatic rings. The van der Waals surface area contributed by atoms with Crippen LogP contribution < -0.4 is 24.3 Å². The molecular formula is C52H65N3O11. The van der Waals surface area contributed by atoms with Crippen molar-refractivity contribution in [1.29, 1.82) is 0 Å². The summed E-state index contributed by atoms with van der Waals surface area (Å²) in [7, 11) is 0. The predicted octanol–water partition coefficient (Wildman–Crippen LogP) is 9.35. The molecular weight excluding hydrogens is 843 g/mol. The average molecular weight is 908 g/mol. The van der Waals surface area contributed by atoms with Gasteiger partial charge in [-0.15, -0.1) is 13.2 Å². The number of carbonyl (C=O) groups is 2. The standard InChI is InChI=1S/C52H65N3O11/c1-6-8-27-60-50(59)55(33-36-20-22-44-45(28-36)62-34-61-44)46-31-42(54-66-51(3,4)5)40-29-37(18-12-14-24-56)39(19-13-15-25-57)47-41-30-38(64-49(58)53-32-35-16-10-9-11-17-35)21-23-43(41)65-52(46,48(40)47)63-26-7-2/h6-7,9-11,16-17,20-23,28-30,37,39,46-48,56-57H,1-2,8,12-15,18-19,24-27,31-34H2,3-5H3,(H,53,58). The number of rotatable bonds is 21. The number of hydrogen-bond donors (Lipinski definition) is 3. The summed E-state index contributed by atoms with van der Waals surface area (Å²) in [5.74, 6) is -0.519. The summed E-state index contributed by atoms with van der Waals surface area (Å²) in [6.45, 7) is 14.4. The van der Waals surface area contributed by atoms with Crippen LogP contribution in [0.15, 0.2) is 109 Å². The smallest absolute Gasteiger partial charge is 0.412 e. The van der Waals surface area contributed by atoms with E-state index in [-0.39, 0.29) is 70.5 Å². The molecule has 6 atom stereocenters. The summed E-state index contributed by atoms with van der Waals surface area (Å²) in [6, 6.07) is 19.7. The van der Waals surface area contributed by atoms with Crippen molar-refractivity contribution in [1.82, 2.24) is 10.2 Å². The maximum Gasteiger partial charge on any atom is 0.412 e. The topological polar surface area (TPSA) is 167 Å². The highest BCUT2D eigenvalue weighted by Crippen LogP contribution is 2.62. The lowest BCUT2D eigenvalue weighted by atomic mass is 9.55. The van der Waals surface area contributed by atoms with E-state index in [1.165, 1.54) is 0 Å². The van der Waals surface area contributed by atoms with Crippen LogP contribution in [0.2, 0.25) is 0 Å². The highest BCUT2D eigenvalue weighted by molar-refractivity contribution is 6.03. The van der Waals surface area contributed by atoms with Crippen LogP contribution in [0.4, 0.5) is 9.59 Å². The van der Waals surface area contributed by atoms with Gasteiger partial charge in [0.1, 0.15) is 23.1 Å². The number of hydrogen-bond acceptors (Lipinski definition) is 12. The number of nitrogens with one attached hydrogen (secondary N) is 1. The van der Waals surface area contributed by atoms with Crippen LogP contribution >= 0.6 is 0 Å². The predicted molar refractivity (Wildman–Crippen MR) is 249 cm³/mol. The largest absolute Gasteiger partial charge is 0.459 e. The number of aliphatic hydroxyl groups excluding tert-OH is 2. The minimum Gasteiger partial charge on any atom is -0.459 e. The van der Waals surface area contributed by atoms with Crippen molar-refractivity contribution < 1.29 is 53.1 Å². The first-order chi connectivity index (χ1) is 32.0. The molecule has 3 N–H and O–H groups in total. The van der Waals surface area contributed by atoms with Gasteiger partial charge in [0.15, 0.2) is 11.5 Å². The molecule has 0 bridgehead atoms. The van der Waals surface area contributed by atoms with E-state index >= 15 is 0 Å². The molecule has 0 aromatic heterocycles. The number of carbonyl (C=O) groups excluding carboxylic acids is 2. The Balaban J connectivity index is 1.41. The Morgan fingerprint density at radius 2 is 1.68 bits per heavy atom. The Morgan fingerprint density at radius 1 is 0.924 bits per heavy atom. The zero-order valence-corrected chi connectivity index (χ0v) is 38.5. The van der Waals surface area contributed by atoms with E-state index in [1.807, 2.05) is 81.4 Å². The van der Waals surface area contributed by atoms with Crippen LogP contribution in [0.5, 0.6) is 23.0 Å². The molecule has 1 fully saturated rings. The number of ether oxygens (including phenoxy) is 6. The number of unbranched alkanes of at least 4 members (excludes halogenated alkanes) is 2. The molecule has 2 heterocycles. The molecule has 354 valence electrons. The molecule has 2 amide bonds. The van der Waals surface area contributed by atoms with Crippen LogP contribution in [-0.2, 0) is 27.4 Å². The molecule has 7 rings (SSSR count). The first-order valence-electron chi connectivity index (χ1n) is 23.2. The molecule has 1 saturated carbocycles. The quantitative estimate of drug-likeness (QED) is 0.0530. The van der Waals surface area contributed by atoms with E-state index < -0.39 is 35.5 Å². The molecule has 4 aliphatic rings. The summed E-state index contributed by atoms with van der Waals surface area (Å²) in [6.07, 6.45) is 9.33. The Bertz CT molecular complexity index is 2220. The van der Waals surface area contributed by atoms with Gasteiger partial charge in [0.05, 0.1) is 24.8 Å². The van der Waals surface area contributed by atoms with Gasteiger partial charge in [-0.05, 0) is 112 Å². The van der Waals surface area contributed by atoms with Crippen molar-refractivity contribution in [2.24, 2.45) is 22.9 Å². The molecule has 0 spiro atoms. The minimum absolute atomic E-state index is 0.00159. The maximum absolute atomic E-state index is 14.8. The van der Waals surface area contributed by atoms with Gasteiger partial charge in [-0.1, -0.05) is 72.6 Å². The maximum atomic E-state index is 14.8. The normalized spacial score (nSPS) is 23.1. The lowest BCUT2D eigenvalue weighted by molar-refractivity contribution is -0.256. The van der Waals surface area contributed by atoms with Crippen LogP contribution in [-0.4, -0.2) is 83.7 Å². The van der Waals surface area contributed by atoms with Crippen molar-refractivity contribution >= 4 is 17.9 Å². The van der Waals surface area contributed by atoms with Crippen molar-refractivity contribution in [3.05, 3.63) is 120 Å². The Kier molecular flexibility index (Phi) is 16.1. The molecule has 6 unspecified atom stereocenters. The Morgan fingerprint density at radius 3 is 2.42 bits per heavy atom. The number of nitrogens with zero attached hydrogens (tertiary/aromatic N) is 2. The molecule has 14 heteroatoms. The monoisotopic (exact) mass is 907 g/mol. The summed E-state index contributed by atoms with van der Waals surface area (Å²) in [5.41, 5.74) is 3.36. The zero-order chi connectivity index (χ0) is 46.7. The highest BCUT2D eigenvalue weighted by atomic mass is 16.7. The van der Waals surface area contributed by atoms with Crippen molar-refractivity contribution in [3.63, 3.8) is 0 Å². The fourth-order valence-electron chi connectivity index (χ4n) is 9.67. The average Bonchev–Trinajstić information content (AvgIpc) is 3.78. The second-order valence-electron chi connectivity index (χ2n) is 18.2. The molecule has 2 aliphatic heterocycles. The third kappa shape index (κ3) is 11.2. The van der Waals surface area contributed by atoms with Gasteiger partial charge in [0, 0.05) is 44.2 Å². The molecule has 14 nitrogen and oxygen atoms in total. The second kappa shape index (κ2) is 22.1. The van der Waals surface area contributed by atoms with E-state index in [1.54, 1.807) is 23.1 Å². The molecule has 66 heavy (non-hydrogen) atoms. The third-order valence-corrected chi connectivity index (χ3v) is 12.5. The lowest BCUT2D eigenvalue weighted by Gasteiger charge is -2.60. The number of oxime groups is 1. The van der Waals surface area contributed by atoms with Crippen molar-refractivity contribution in [3.8, 4) is 23.0 Å². The number of amides is 2.